The molecule has 9 heavy (non-hydrogen) atoms. The Morgan fingerprint density at radius 1 is 0.111 bits per heavy atom. The van der Waals surface area contributed by atoms with Gasteiger partial charge in [0.2, 0.25) is 0 Å². The van der Waals surface area contributed by atoms with E-state index in [0.29, 0.717) is 0 Å². The number of hydrogen-bond acceptors (Lipinski definition) is 0. The molecule has 0 aliphatic carbocycles. The van der Waals surface area contributed by atoms with Crippen molar-refractivity contribution in [2.75, 3.05) is 0 Å². The molecule has 0 heterocycles. The zero-order chi connectivity index (χ0) is 0. The van der Waals surface area contributed by atoms with Crippen LogP contribution in [0, 0.1) is 0 Å². The van der Waals surface area contributed by atoms with Gasteiger partial charge in [0.05, 0.1) is 0 Å². The molecule has 9 heteroatoms. The Labute approximate surface area is 151 Å². The van der Waals surface area contributed by atoms with Gasteiger partial charge in [-0.15, -0.1) is 0 Å². The van der Waals surface area contributed by atoms with Crippen LogP contribution in [0.5, 0.6) is 0 Å². The van der Waals surface area contributed by atoms with Crippen LogP contribution in [0.2, 0.25) is 0 Å². The molecule has 0 saturated heterocycles. The fraction of sp³-hybridized carbons (Fsp3) is 0. The predicted octanol–water partition coefficient (Wildman–Crippen LogP) is -0.0225. The van der Waals surface area contributed by atoms with Crippen LogP contribution < -0.4 is 0 Å². The van der Waals surface area contributed by atoms with Crippen LogP contribution in [0.25, 0.3) is 0 Å². The molecule has 0 spiro atoms. The Morgan fingerprint density at radius 3 is 0.111 bits per heavy atom. The smallest absolute Gasteiger partial charge is 0 e. The van der Waals surface area contributed by atoms with Crippen LogP contribution in [0.4, 0.5) is 0 Å². The summed E-state index contributed by atoms with van der Waals surface area (Å²) >= 11 is 0. The van der Waals surface area contributed by atoms with E-state index in [1.54, 1.807) is 0 Å². The van der Waals surface area contributed by atoms with Crippen molar-refractivity contribution < 1.29 is 154 Å². The van der Waals surface area contributed by atoms with Gasteiger partial charge in [0.15, 0.2) is 0 Å². The minimum Gasteiger partial charge on any atom is 0 e. The Morgan fingerprint density at radius 2 is 0.111 bits per heavy atom. The number of rotatable bonds is 0. The van der Waals surface area contributed by atoms with Gasteiger partial charge in [-0.1, -0.05) is 0 Å². The van der Waals surface area contributed by atoms with Gasteiger partial charge >= 0.3 is 0 Å². The second-order valence-electron chi connectivity index (χ2n) is 0. The Bertz CT molecular complexity index is 0. The maximum atomic E-state index is 0. The van der Waals surface area contributed by atoms with E-state index < -0.39 is 0 Å². The average Bonchev–Trinajstić information content (AvgIpc) is 0. The van der Waals surface area contributed by atoms with Gasteiger partial charge in [-0.3, -0.25) is 0 Å². The summed E-state index contributed by atoms with van der Waals surface area (Å²) in [5, 5.41) is 0. The zero-order valence-electron chi connectivity index (χ0n) is 3.18. The molecular weight excluding hydrogens is 503 g/mol. The summed E-state index contributed by atoms with van der Waals surface area (Å²) in [7, 11) is 0. The normalized spacial score (nSPS) is 0. The first-order valence-electron chi connectivity index (χ1n) is 0. The summed E-state index contributed by atoms with van der Waals surface area (Å²) in [6.45, 7) is 0. The summed E-state index contributed by atoms with van der Waals surface area (Å²) in [5.41, 5.74) is 0. The topological polar surface area (TPSA) is 0 Å². The molecule has 0 nitrogen and oxygen atoms in total. The maximum Gasteiger partial charge on any atom is 0 e. The van der Waals surface area contributed by atoms with Gasteiger partial charge in [0.1, 0.15) is 0 Å². The molecule has 0 unspecified atom stereocenters. The van der Waals surface area contributed by atoms with Gasteiger partial charge in [0, 0.05) is 154 Å². The van der Waals surface area contributed by atoms with Crippen molar-refractivity contribution in [3.05, 3.63) is 0 Å². The molecule has 0 aromatic heterocycles. The van der Waals surface area contributed by atoms with E-state index in [9.17, 15) is 0 Å². The van der Waals surface area contributed by atoms with Crippen molar-refractivity contribution in [2.24, 2.45) is 0 Å². The molecule has 0 aromatic rings. The van der Waals surface area contributed by atoms with Crippen LogP contribution >= 0.6 is 0 Å². The van der Waals surface area contributed by atoms with E-state index in [4.69, 9.17) is 0 Å². The van der Waals surface area contributed by atoms with Crippen molar-refractivity contribution in [1.82, 2.24) is 0 Å². The minimum absolute atomic E-state index is 0. The van der Waals surface area contributed by atoms with Crippen molar-refractivity contribution in [1.29, 1.82) is 0 Å². The van der Waals surface area contributed by atoms with E-state index in [2.05, 4.69) is 0 Å². The molecule has 0 aliphatic heterocycles. The molecule has 0 fully saturated rings. The largest absolute Gasteiger partial charge is 0 e. The van der Waals surface area contributed by atoms with Crippen LogP contribution in [0.1, 0.15) is 0 Å². The first kappa shape index (κ1) is 101. The van der Waals surface area contributed by atoms with Crippen LogP contribution in [0.15, 0.2) is 0 Å². The minimum atomic E-state index is 0. The summed E-state index contributed by atoms with van der Waals surface area (Å²) in [5.74, 6) is 0. The molecule has 0 saturated carbocycles. The molecule has 72 valence electrons. The molecule has 0 aromatic carbocycles. The molecule has 0 rings (SSSR count). The van der Waals surface area contributed by atoms with Gasteiger partial charge < -0.3 is 0 Å². The molecule has 0 bridgehead atoms. The maximum absolute atomic E-state index is 0. The van der Waals surface area contributed by atoms with Gasteiger partial charge in [0.25, 0.3) is 0 Å². The number of hydrogen-bond donors (Lipinski definition) is 0. The third-order valence-electron chi connectivity index (χ3n) is 0. The Hall–Kier alpha value is 4.68. The third kappa shape index (κ3) is 66.1. The Kier molecular flexibility index (Phi) is 883. The third-order valence-corrected chi connectivity index (χ3v) is 0. The van der Waals surface area contributed by atoms with E-state index in [1.165, 1.54) is 0 Å². The first-order valence-corrected chi connectivity index (χ1v) is 0. The van der Waals surface area contributed by atoms with Gasteiger partial charge in [-0.05, 0) is 0 Å². The molecule has 0 N–H and O–H groups in total. The average molecular weight is 503 g/mol. The molecule has 0 aliphatic rings. The van der Waals surface area contributed by atoms with Crippen molar-refractivity contribution >= 4 is 0 Å². The monoisotopic (exact) mass is 503 g/mol. The SMILES string of the molecule is [Fe].[Fe].[Fe].[Fe].[Fe].[Fe].[Fe].[Fe].[Fe]. The van der Waals surface area contributed by atoms with E-state index in [0.717, 1.165) is 0 Å². The standard InChI is InChI=1S/9Fe. The second-order valence-corrected chi connectivity index (χ2v) is 0. The predicted molar refractivity (Wildman–Crippen MR) is 0 cm³/mol. The summed E-state index contributed by atoms with van der Waals surface area (Å²) in [4.78, 5) is 0. The van der Waals surface area contributed by atoms with E-state index in [-0.39, 0.29) is 154 Å². The van der Waals surface area contributed by atoms with Crippen molar-refractivity contribution in [3.63, 3.8) is 0 Å². The summed E-state index contributed by atoms with van der Waals surface area (Å²) in [6.07, 6.45) is 0. The van der Waals surface area contributed by atoms with E-state index >= 15 is 0 Å². The first-order chi connectivity index (χ1) is 0. The fourth-order valence-corrected chi connectivity index (χ4v) is 0. The summed E-state index contributed by atoms with van der Waals surface area (Å²) in [6, 6.07) is 0. The zero-order valence-corrected chi connectivity index (χ0v) is 13.1. The molecule has 0 radical (unpaired) electrons. The van der Waals surface area contributed by atoms with Crippen LogP contribution in [-0.2, 0) is 154 Å². The quantitative estimate of drug-likeness (QED) is 0.409. The summed E-state index contributed by atoms with van der Waals surface area (Å²) < 4.78 is 0. The molecule has 0 amide bonds. The second kappa shape index (κ2) is 79.0. The molecular formula is Fe9. The fourth-order valence-electron chi connectivity index (χ4n) is 0. The van der Waals surface area contributed by atoms with E-state index in [1.807, 2.05) is 0 Å². The van der Waals surface area contributed by atoms with Gasteiger partial charge in [-0.2, -0.15) is 0 Å². The van der Waals surface area contributed by atoms with Crippen molar-refractivity contribution in [3.8, 4) is 0 Å². The van der Waals surface area contributed by atoms with Crippen LogP contribution in [-0.4, -0.2) is 0 Å². The van der Waals surface area contributed by atoms with Gasteiger partial charge in [-0.25, -0.2) is 0 Å². The Balaban J connectivity index is 0. The van der Waals surface area contributed by atoms with Crippen molar-refractivity contribution in [2.45, 2.75) is 0 Å². The van der Waals surface area contributed by atoms with Crippen LogP contribution in [0.3, 0.4) is 0 Å². The molecule has 0 atom stereocenters.